The van der Waals surface area contributed by atoms with Gasteiger partial charge in [0, 0.05) is 18.0 Å². The van der Waals surface area contributed by atoms with Crippen molar-refractivity contribution in [1.29, 1.82) is 0 Å². The van der Waals surface area contributed by atoms with E-state index in [0.29, 0.717) is 16.9 Å². The summed E-state index contributed by atoms with van der Waals surface area (Å²) in [5, 5.41) is 5.51. The van der Waals surface area contributed by atoms with Crippen LogP contribution in [0.5, 0.6) is 0 Å². The SMILES string of the molecule is CC(C)(C)OC(=O)Nc1ccccc1NC(=O)c1ccc(-c2ccncc2)cc1. The Bertz CT molecular complexity index is 994. The molecule has 0 radical (unpaired) electrons. The van der Waals surface area contributed by atoms with Crippen LogP contribution in [0.25, 0.3) is 11.1 Å². The summed E-state index contributed by atoms with van der Waals surface area (Å²) in [6.07, 6.45) is 2.87. The van der Waals surface area contributed by atoms with Crippen LogP contribution < -0.4 is 10.6 Å². The summed E-state index contributed by atoms with van der Waals surface area (Å²) >= 11 is 0. The third-order valence-corrected chi connectivity index (χ3v) is 3.97. The number of nitrogens with zero attached hydrogens (tertiary/aromatic N) is 1. The van der Waals surface area contributed by atoms with Gasteiger partial charge in [-0.2, -0.15) is 0 Å². The molecule has 1 heterocycles. The minimum Gasteiger partial charge on any atom is -0.444 e. The van der Waals surface area contributed by atoms with Gasteiger partial charge in [0.05, 0.1) is 11.4 Å². The van der Waals surface area contributed by atoms with Gasteiger partial charge in [-0.3, -0.25) is 15.1 Å². The van der Waals surface area contributed by atoms with Crippen molar-refractivity contribution >= 4 is 23.4 Å². The zero-order valence-electron chi connectivity index (χ0n) is 16.6. The number of carbonyl (C=O) groups is 2. The van der Waals surface area contributed by atoms with Gasteiger partial charge in [0.2, 0.25) is 0 Å². The lowest BCUT2D eigenvalue weighted by Crippen LogP contribution is -2.27. The Labute approximate surface area is 169 Å². The van der Waals surface area contributed by atoms with Crippen LogP contribution in [0, 0.1) is 0 Å². The minimum atomic E-state index is -0.612. The number of para-hydroxylation sites is 2. The highest BCUT2D eigenvalue weighted by Gasteiger charge is 2.17. The number of benzene rings is 2. The van der Waals surface area contributed by atoms with E-state index in [0.717, 1.165) is 11.1 Å². The first kappa shape index (κ1) is 20.1. The third kappa shape index (κ3) is 5.65. The van der Waals surface area contributed by atoms with Crippen molar-refractivity contribution in [3.63, 3.8) is 0 Å². The van der Waals surface area contributed by atoms with E-state index in [2.05, 4.69) is 15.6 Å². The van der Waals surface area contributed by atoms with Crippen molar-refractivity contribution in [2.24, 2.45) is 0 Å². The van der Waals surface area contributed by atoms with Crippen molar-refractivity contribution in [3.8, 4) is 11.1 Å². The molecule has 1 aromatic heterocycles. The standard InChI is InChI=1S/C23H23N3O3/c1-23(2,3)29-22(28)26-20-7-5-4-6-19(20)25-21(27)18-10-8-16(9-11-18)17-12-14-24-15-13-17/h4-15H,1-3H3,(H,25,27)(H,26,28). The van der Waals surface area contributed by atoms with Gasteiger partial charge in [0.15, 0.2) is 0 Å². The summed E-state index contributed by atoms with van der Waals surface area (Å²) in [7, 11) is 0. The number of rotatable bonds is 4. The molecule has 3 rings (SSSR count). The fourth-order valence-corrected chi connectivity index (χ4v) is 2.67. The van der Waals surface area contributed by atoms with Crippen LogP contribution in [0.1, 0.15) is 31.1 Å². The summed E-state index contributed by atoms with van der Waals surface area (Å²) in [5.74, 6) is -0.273. The van der Waals surface area contributed by atoms with Gasteiger partial charge in [-0.05, 0) is 68.3 Å². The van der Waals surface area contributed by atoms with Crippen LogP contribution in [-0.2, 0) is 4.74 Å². The second kappa shape index (κ2) is 8.56. The molecule has 0 aliphatic carbocycles. The van der Waals surface area contributed by atoms with Crippen molar-refractivity contribution in [2.75, 3.05) is 10.6 Å². The summed E-state index contributed by atoms with van der Waals surface area (Å²) in [5.41, 5.74) is 2.87. The van der Waals surface area contributed by atoms with E-state index >= 15 is 0 Å². The van der Waals surface area contributed by atoms with Crippen LogP contribution in [0.2, 0.25) is 0 Å². The second-order valence-electron chi connectivity index (χ2n) is 7.44. The molecule has 0 saturated carbocycles. The topological polar surface area (TPSA) is 80.3 Å². The molecule has 0 aliphatic rings. The quantitative estimate of drug-likeness (QED) is 0.630. The fourth-order valence-electron chi connectivity index (χ4n) is 2.67. The number of hydrogen-bond acceptors (Lipinski definition) is 4. The fraction of sp³-hybridized carbons (Fsp3) is 0.174. The van der Waals surface area contributed by atoms with Gasteiger partial charge in [-0.15, -0.1) is 0 Å². The first-order chi connectivity index (χ1) is 13.8. The highest BCUT2D eigenvalue weighted by atomic mass is 16.6. The number of nitrogens with one attached hydrogen (secondary N) is 2. The summed E-state index contributed by atoms with van der Waals surface area (Å²) in [6, 6.07) is 18.1. The molecule has 0 atom stereocenters. The summed E-state index contributed by atoms with van der Waals surface area (Å²) < 4.78 is 5.27. The van der Waals surface area contributed by atoms with Crippen LogP contribution >= 0.6 is 0 Å². The Morgan fingerprint density at radius 1 is 0.793 bits per heavy atom. The van der Waals surface area contributed by atoms with Crippen molar-refractivity contribution < 1.29 is 14.3 Å². The Morgan fingerprint density at radius 2 is 1.34 bits per heavy atom. The first-order valence-corrected chi connectivity index (χ1v) is 9.23. The Hall–Kier alpha value is -3.67. The van der Waals surface area contributed by atoms with Gasteiger partial charge in [-0.1, -0.05) is 24.3 Å². The lowest BCUT2D eigenvalue weighted by atomic mass is 10.0. The molecule has 6 nitrogen and oxygen atoms in total. The molecule has 148 valence electrons. The largest absolute Gasteiger partial charge is 0.444 e. The molecular weight excluding hydrogens is 366 g/mol. The molecule has 0 saturated heterocycles. The molecule has 0 spiro atoms. The number of carbonyl (C=O) groups excluding carboxylic acids is 2. The predicted molar refractivity (Wildman–Crippen MR) is 114 cm³/mol. The van der Waals surface area contributed by atoms with E-state index in [-0.39, 0.29) is 5.91 Å². The Morgan fingerprint density at radius 3 is 1.93 bits per heavy atom. The molecule has 2 aromatic carbocycles. The monoisotopic (exact) mass is 389 g/mol. The van der Waals surface area contributed by atoms with Gasteiger partial charge >= 0.3 is 6.09 Å². The van der Waals surface area contributed by atoms with Crippen molar-refractivity contribution in [3.05, 3.63) is 78.6 Å². The van der Waals surface area contributed by atoms with Crippen molar-refractivity contribution in [2.45, 2.75) is 26.4 Å². The molecule has 29 heavy (non-hydrogen) atoms. The summed E-state index contributed by atoms with van der Waals surface area (Å²) in [6.45, 7) is 5.36. The normalized spacial score (nSPS) is 10.9. The van der Waals surface area contributed by atoms with Crippen LogP contribution in [-0.4, -0.2) is 22.6 Å². The van der Waals surface area contributed by atoms with Crippen LogP contribution in [0.3, 0.4) is 0 Å². The zero-order valence-corrected chi connectivity index (χ0v) is 16.6. The van der Waals surface area contributed by atoms with Crippen molar-refractivity contribution in [1.82, 2.24) is 4.98 Å². The number of ether oxygens (including phenoxy) is 1. The number of hydrogen-bond donors (Lipinski definition) is 2. The maximum Gasteiger partial charge on any atom is 0.412 e. The van der Waals surface area contributed by atoms with Gasteiger partial charge < -0.3 is 10.1 Å². The average molecular weight is 389 g/mol. The highest BCUT2D eigenvalue weighted by Crippen LogP contribution is 2.24. The highest BCUT2D eigenvalue weighted by molar-refractivity contribution is 6.07. The van der Waals surface area contributed by atoms with Gasteiger partial charge in [0.25, 0.3) is 5.91 Å². The van der Waals surface area contributed by atoms with Crippen LogP contribution in [0.4, 0.5) is 16.2 Å². The molecule has 0 unspecified atom stereocenters. The van der Waals surface area contributed by atoms with E-state index < -0.39 is 11.7 Å². The molecule has 3 aromatic rings. The lowest BCUT2D eigenvalue weighted by molar-refractivity contribution is 0.0635. The number of anilines is 2. The molecule has 6 heteroatoms. The molecule has 2 N–H and O–H groups in total. The molecule has 0 bridgehead atoms. The number of amides is 2. The molecule has 2 amide bonds. The maximum absolute atomic E-state index is 12.7. The maximum atomic E-state index is 12.7. The first-order valence-electron chi connectivity index (χ1n) is 9.23. The molecule has 0 fully saturated rings. The van der Waals surface area contributed by atoms with Gasteiger partial charge in [0.1, 0.15) is 5.60 Å². The zero-order chi connectivity index (χ0) is 20.9. The average Bonchev–Trinajstić information content (AvgIpc) is 2.69. The smallest absolute Gasteiger partial charge is 0.412 e. The number of pyridine rings is 1. The van der Waals surface area contributed by atoms with E-state index in [1.165, 1.54) is 0 Å². The van der Waals surface area contributed by atoms with E-state index in [1.54, 1.807) is 69.6 Å². The van der Waals surface area contributed by atoms with Gasteiger partial charge in [-0.25, -0.2) is 4.79 Å². The Balaban J connectivity index is 1.72. The second-order valence-corrected chi connectivity index (χ2v) is 7.44. The predicted octanol–water partition coefficient (Wildman–Crippen LogP) is 5.35. The lowest BCUT2D eigenvalue weighted by Gasteiger charge is -2.20. The van der Waals surface area contributed by atoms with E-state index in [4.69, 9.17) is 4.74 Å². The number of aromatic nitrogens is 1. The third-order valence-electron chi connectivity index (χ3n) is 3.97. The minimum absolute atomic E-state index is 0.273. The Kier molecular flexibility index (Phi) is 5.93. The van der Waals surface area contributed by atoms with E-state index in [1.807, 2.05) is 24.3 Å². The van der Waals surface area contributed by atoms with Crippen LogP contribution in [0.15, 0.2) is 73.1 Å². The molecular formula is C23H23N3O3. The van der Waals surface area contributed by atoms with E-state index in [9.17, 15) is 9.59 Å². The molecule has 0 aliphatic heterocycles. The summed E-state index contributed by atoms with van der Waals surface area (Å²) in [4.78, 5) is 28.7.